The Morgan fingerprint density at radius 2 is 1.50 bits per heavy atom. The number of carbonyl (C=O) groups is 1. The molecular weight excluding hydrogens is 350 g/mol. The monoisotopic (exact) mass is 381 g/mol. The zero-order chi connectivity index (χ0) is 20.9. The molecule has 0 heterocycles. The van der Waals surface area contributed by atoms with E-state index in [1.54, 1.807) is 12.2 Å². The van der Waals surface area contributed by atoms with Gasteiger partial charge in [0.1, 0.15) is 22.7 Å². The van der Waals surface area contributed by atoms with Crippen molar-refractivity contribution in [2.75, 3.05) is 12.4 Å². The normalized spacial score (nSPS) is 12.1. The molecule has 0 aliphatic carbocycles. The molecule has 0 spiro atoms. The molecule has 0 bridgehead atoms. The van der Waals surface area contributed by atoms with Crippen LogP contribution < -0.4 is 14.8 Å². The van der Waals surface area contributed by atoms with Gasteiger partial charge in [0.2, 0.25) is 0 Å². The molecule has 2 aromatic rings. The summed E-state index contributed by atoms with van der Waals surface area (Å²) in [6.07, 6.45) is 3.36. The average Bonchev–Trinajstić information content (AvgIpc) is 2.58. The summed E-state index contributed by atoms with van der Waals surface area (Å²) in [4.78, 5) is 12.5. The summed E-state index contributed by atoms with van der Waals surface area (Å²) in [7, 11) is 1.85. The van der Waals surface area contributed by atoms with Gasteiger partial charge >= 0.3 is 0 Å². The molecular formula is C24H31NO3. The molecule has 0 saturated heterocycles. The highest BCUT2D eigenvalue weighted by Gasteiger charge is 2.17. The predicted octanol–water partition coefficient (Wildman–Crippen LogP) is 5.98. The molecule has 0 saturated carbocycles. The van der Waals surface area contributed by atoms with Crippen LogP contribution in [-0.4, -0.2) is 24.0 Å². The first-order chi connectivity index (χ1) is 13.0. The molecule has 0 aliphatic heterocycles. The van der Waals surface area contributed by atoms with E-state index in [0.29, 0.717) is 11.3 Å². The third-order valence-corrected chi connectivity index (χ3v) is 3.70. The molecule has 0 amide bonds. The van der Waals surface area contributed by atoms with Gasteiger partial charge in [-0.1, -0.05) is 0 Å². The lowest BCUT2D eigenvalue weighted by Crippen LogP contribution is -2.24. The van der Waals surface area contributed by atoms with E-state index >= 15 is 0 Å². The Morgan fingerprint density at radius 1 is 0.893 bits per heavy atom. The van der Waals surface area contributed by atoms with Gasteiger partial charge in [0.05, 0.1) is 0 Å². The highest BCUT2D eigenvalue weighted by Crippen LogP contribution is 2.31. The molecule has 0 atom stereocenters. The molecule has 0 aliphatic rings. The first kappa shape index (κ1) is 21.5. The van der Waals surface area contributed by atoms with Crippen LogP contribution in [0.5, 0.6) is 11.5 Å². The maximum absolute atomic E-state index is 12.5. The summed E-state index contributed by atoms with van der Waals surface area (Å²) < 4.78 is 12.1. The zero-order valence-corrected chi connectivity index (χ0v) is 17.9. The molecule has 0 fully saturated rings. The summed E-state index contributed by atoms with van der Waals surface area (Å²) in [5.74, 6) is 1.36. The Hall–Kier alpha value is -2.75. The van der Waals surface area contributed by atoms with Crippen LogP contribution in [0, 0.1) is 0 Å². The van der Waals surface area contributed by atoms with E-state index in [1.807, 2.05) is 91.1 Å². The Bertz CT molecular complexity index is 838. The van der Waals surface area contributed by atoms with Crippen molar-refractivity contribution in [3.63, 3.8) is 0 Å². The van der Waals surface area contributed by atoms with Crippen molar-refractivity contribution < 1.29 is 14.3 Å². The molecule has 2 rings (SSSR count). The van der Waals surface area contributed by atoms with Crippen molar-refractivity contribution in [2.45, 2.75) is 52.7 Å². The highest BCUT2D eigenvalue weighted by molar-refractivity contribution is 6.07. The molecule has 0 unspecified atom stereocenters. The smallest absolute Gasteiger partial charge is 0.185 e. The van der Waals surface area contributed by atoms with E-state index in [4.69, 9.17) is 9.47 Å². The summed E-state index contributed by atoms with van der Waals surface area (Å²) in [5.41, 5.74) is 1.77. The Balaban J connectivity index is 2.28. The molecule has 150 valence electrons. The van der Waals surface area contributed by atoms with Gasteiger partial charge in [-0.25, -0.2) is 0 Å². The summed E-state index contributed by atoms with van der Waals surface area (Å²) in [6.45, 7) is 12.0. The maximum atomic E-state index is 12.5. The Labute approximate surface area is 168 Å². The number of rotatable bonds is 6. The fraction of sp³-hybridized carbons (Fsp3) is 0.375. The first-order valence-corrected chi connectivity index (χ1v) is 9.49. The highest BCUT2D eigenvalue weighted by atomic mass is 16.5. The SMILES string of the molecule is CNc1ccc(C(=O)/C=C\c2ccc(OC(C)(C)C)cc2OC(C)(C)C)cc1. The van der Waals surface area contributed by atoms with Crippen LogP contribution >= 0.6 is 0 Å². The van der Waals surface area contributed by atoms with Gasteiger partial charge in [0, 0.05) is 29.9 Å². The van der Waals surface area contributed by atoms with E-state index in [-0.39, 0.29) is 17.0 Å². The van der Waals surface area contributed by atoms with Crippen molar-refractivity contribution in [1.29, 1.82) is 0 Å². The topological polar surface area (TPSA) is 47.6 Å². The molecule has 2 aromatic carbocycles. The number of allylic oxidation sites excluding steroid dienone is 1. The number of ketones is 1. The van der Waals surface area contributed by atoms with E-state index in [2.05, 4.69) is 5.32 Å². The number of hydrogen-bond acceptors (Lipinski definition) is 4. The number of benzene rings is 2. The van der Waals surface area contributed by atoms with Crippen LogP contribution in [0.15, 0.2) is 48.5 Å². The van der Waals surface area contributed by atoms with Crippen molar-refractivity contribution in [3.8, 4) is 11.5 Å². The molecule has 4 heteroatoms. The van der Waals surface area contributed by atoms with E-state index in [9.17, 15) is 4.79 Å². The maximum Gasteiger partial charge on any atom is 0.185 e. The van der Waals surface area contributed by atoms with Gasteiger partial charge in [0.15, 0.2) is 5.78 Å². The number of ether oxygens (including phenoxy) is 2. The van der Waals surface area contributed by atoms with Crippen LogP contribution in [0.2, 0.25) is 0 Å². The lowest BCUT2D eigenvalue weighted by atomic mass is 10.1. The van der Waals surface area contributed by atoms with Gasteiger partial charge in [-0.15, -0.1) is 0 Å². The second-order valence-electron chi connectivity index (χ2n) is 8.65. The average molecular weight is 382 g/mol. The number of hydrogen-bond donors (Lipinski definition) is 1. The number of nitrogens with one attached hydrogen (secondary N) is 1. The van der Waals surface area contributed by atoms with Gasteiger partial charge in [-0.2, -0.15) is 0 Å². The molecule has 0 aromatic heterocycles. The van der Waals surface area contributed by atoms with Crippen LogP contribution in [0.3, 0.4) is 0 Å². The molecule has 4 nitrogen and oxygen atoms in total. The van der Waals surface area contributed by atoms with Crippen LogP contribution in [0.4, 0.5) is 5.69 Å². The third-order valence-electron chi connectivity index (χ3n) is 3.70. The summed E-state index contributed by atoms with van der Waals surface area (Å²) in [6, 6.07) is 13.1. The standard InChI is InChI=1S/C24H31NO3/c1-23(2,3)27-20-14-10-18(22(16-20)28-24(4,5)6)11-15-21(26)17-8-12-19(25-7)13-9-17/h8-16,25H,1-7H3/b15-11-. The molecule has 28 heavy (non-hydrogen) atoms. The number of anilines is 1. The summed E-state index contributed by atoms with van der Waals surface area (Å²) in [5, 5.41) is 3.04. The third kappa shape index (κ3) is 6.76. The van der Waals surface area contributed by atoms with E-state index in [1.165, 1.54) is 0 Å². The van der Waals surface area contributed by atoms with Crippen LogP contribution in [0.25, 0.3) is 6.08 Å². The minimum absolute atomic E-state index is 0.0561. The van der Waals surface area contributed by atoms with Crippen molar-refractivity contribution in [3.05, 3.63) is 59.7 Å². The molecule has 0 radical (unpaired) electrons. The first-order valence-electron chi connectivity index (χ1n) is 9.49. The van der Waals surface area contributed by atoms with E-state index < -0.39 is 0 Å². The second kappa shape index (κ2) is 8.51. The van der Waals surface area contributed by atoms with Gasteiger partial charge in [-0.05, 0) is 90.1 Å². The van der Waals surface area contributed by atoms with E-state index in [0.717, 1.165) is 17.0 Å². The fourth-order valence-electron chi connectivity index (χ4n) is 2.55. The van der Waals surface area contributed by atoms with Crippen LogP contribution in [-0.2, 0) is 0 Å². The number of carbonyl (C=O) groups excluding carboxylic acids is 1. The van der Waals surface area contributed by atoms with Crippen molar-refractivity contribution in [2.24, 2.45) is 0 Å². The zero-order valence-electron chi connectivity index (χ0n) is 17.9. The second-order valence-corrected chi connectivity index (χ2v) is 8.65. The Morgan fingerprint density at radius 3 is 2.04 bits per heavy atom. The quantitative estimate of drug-likeness (QED) is 0.494. The summed E-state index contributed by atoms with van der Waals surface area (Å²) >= 11 is 0. The molecule has 1 N–H and O–H groups in total. The van der Waals surface area contributed by atoms with Crippen molar-refractivity contribution >= 4 is 17.5 Å². The van der Waals surface area contributed by atoms with Crippen LogP contribution in [0.1, 0.15) is 57.5 Å². The lowest BCUT2D eigenvalue weighted by molar-refractivity contribution is 0.104. The predicted molar refractivity (Wildman–Crippen MR) is 117 cm³/mol. The Kier molecular flexibility index (Phi) is 6.55. The largest absolute Gasteiger partial charge is 0.488 e. The van der Waals surface area contributed by atoms with Crippen molar-refractivity contribution in [1.82, 2.24) is 0 Å². The minimum atomic E-state index is -0.365. The van der Waals surface area contributed by atoms with Gasteiger partial charge < -0.3 is 14.8 Å². The van der Waals surface area contributed by atoms with Gasteiger partial charge in [0.25, 0.3) is 0 Å². The fourth-order valence-corrected chi connectivity index (χ4v) is 2.55. The lowest BCUT2D eigenvalue weighted by Gasteiger charge is -2.25. The van der Waals surface area contributed by atoms with Gasteiger partial charge in [-0.3, -0.25) is 4.79 Å². The minimum Gasteiger partial charge on any atom is -0.488 e.